The van der Waals surface area contributed by atoms with E-state index in [0.717, 1.165) is 50.8 Å². The molecule has 1 unspecified atom stereocenters. The molecule has 3 heterocycles. The minimum atomic E-state index is -0.0891. The lowest BCUT2D eigenvalue weighted by molar-refractivity contribution is 0.0383. The predicted octanol–water partition coefficient (Wildman–Crippen LogP) is 1.03. The highest BCUT2D eigenvalue weighted by Crippen LogP contribution is 2.21. The van der Waals surface area contributed by atoms with E-state index >= 15 is 0 Å². The lowest BCUT2D eigenvalue weighted by Gasteiger charge is -2.26. The second-order valence-corrected chi connectivity index (χ2v) is 6.85. The minimum absolute atomic E-state index is 0.0891. The van der Waals surface area contributed by atoms with Gasteiger partial charge in [0.05, 0.1) is 18.8 Å². The van der Waals surface area contributed by atoms with Crippen molar-refractivity contribution in [2.45, 2.75) is 12.5 Å². The van der Waals surface area contributed by atoms with Crippen LogP contribution in [0.3, 0.4) is 0 Å². The van der Waals surface area contributed by atoms with E-state index in [0.29, 0.717) is 18.0 Å². The van der Waals surface area contributed by atoms with Gasteiger partial charge in [-0.3, -0.25) is 9.69 Å². The van der Waals surface area contributed by atoms with Gasteiger partial charge in [0.25, 0.3) is 5.91 Å². The lowest BCUT2D eigenvalue weighted by atomic mass is 10.2. The molecule has 0 aliphatic carbocycles. The molecule has 23 heavy (non-hydrogen) atoms. The monoisotopic (exact) mass is 337 g/mol. The first-order valence-electron chi connectivity index (χ1n) is 8.10. The molecule has 1 atom stereocenters. The van der Waals surface area contributed by atoms with Crippen LogP contribution in [0, 0.1) is 0 Å². The highest BCUT2D eigenvalue weighted by Gasteiger charge is 2.17. The molecule has 2 aliphatic rings. The fourth-order valence-corrected chi connectivity index (χ4v) is 3.71. The lowest BCUT2D eigenvalue weighted by Crippen LogP contribution is -2.41. The smallest absolute Gasteiger partial charge is 0.252 e. The van der Waals surface area contributed by atoms with E-state index in [9.17, 15) is 4.79 Å². The van der Waals surface area contributed by atoms with Crippen LogP contribution in [0.25, 0.3) is 0 Å². The maximum Gasteiger partial charge on any atom is 0.252 e. The number of hydrogen-bond acceptors (Lipinski definition) is 6. The Morgan fingerprint density at radius 2 is 2.30 bits per heavy atom. The summed E-state index contributed by atoms with van der Waals surface area (Å²) >= 11 is 1.90. The first kappa shape index (κ1) is 16.5. The van der Waals surface area contributed by atoms with Crippen molar-refractivity contribution < 1.29 is 14.3 Å². The number of nitrogens with zero attached hydrogens (tertiary/aromatic N) is 2. The fourth-order valence-electron chi connectivity index (χ4n) is 2.62. The number of pyridine rings is 1. The quantitative estimate of drug-likeness (QED) is 0.836. The van der Waals surface area contributed by atoms with Gasteiger partial charge in [-0.1, -0.05) is 0 Å². The van der Waals surface area contributed by atoms with Gasteiger partial charge in [0.15, 0.2) is 0 Å². The van der Waals surface area contributed by atoms with E-state index in [-0.39, 0.29) is 12.0 Å². The van der Waals surface area contributed by atoms with Gasteiger partial charge in [-0.15, -0.1) is 0 Å². The zero-order chi connectivity index (χ0) is 15.9. The molecule has 0 aromatic carbocycles. The molecule has 2 fully saturated rings. The Balaban J connectivity index is 1.41. The predicted molar refractivity (Wildman–Crippen MR) is 90.2 cm³/mol. The molecule has 1 aromatic rings. The number of morpholine rings is 1. The SMILES string of the molecule is O=C(NCCN1CCOCC1)c1ccc(OC2CCSC2)nc1. The van der Waals surface area contributed by atoms with Crippen molar-refractivity contribution in [2.24, 2.45) is 0 Å². The first-order valence-corrected chi connectivity index (χ1v) is 9.25. The summed E-state index contributed by atoms with van der Waals surface area (Å²) < 4.78 is 11.1. The molecule has 3 rings (SSSR count). The van der Waals surface area contributed by atoms with Gasteiger partial charge in [-0.2, -0.15) is 11.8 Å². The van der Waals surface area contributed by atoms with Crippen molar-refractivity contribution in [1.82, 2.24) is 15.2 Å². The van der Waals surface area contributed by atoms with Gasteiger partial charge in [-0.25, -0.2) is 4.98 Å². The summed E-state index contributed by atoms with van der Waals surface area (Å²) in [6, 6.07) is 3.55. The van der Waals surface area contributed by atoms with Crippen molar-refractivity contribution in [3.63, 3.8) is 0 Å². The van der Waals surface area contributed by atoms with E-state index in [4.69, 9.17) is 9.47 Å². The summed E-state index contributed by atoms with van der Waals surface area (Å²) in [7, 11) is 0. The van der Waals surface area contributed by atoms with E-state index in [1.807, 2.05) is 11.8 Å². The van der Waals surface area contributed by atoms with Crippen molar-refractivity contribution >= 4 is 17.7 Å². The molecular formula is C16H23N3O3S. The van der Waals surface area contributed by atoms with Gasteiger partial charge in [0.1, 0.15) is 6.10 Å². The van der Waals surface area contributed by atoms with Crippen molar-refractivity contribution in [1.29, 1.82) is 0 Å². The number of aromatic nitrogens is 1. The molecule has 0 spiro atoms. The van der Waals surface area contributed by atoms with Crippen LogP contribution in [0.2, 0.25) is 0 Å². The highest BCUT2D eigenvalue weighted by molar-refractivity contribution is 7.99. The Labute approximate surface area is 140 Å². The van der Waals surface area contributed by atoms with Crippen LogP contribution in [0.15, 0.2) is 18.3 Å². The maximum absolute atomic E-state index is 12.1. The zero-order valence-corrected chi connectivity index (χ0v) is 14.0. The molecular weight excluding hydrogens is 314 g/mol. The van der Waals surface area contributed by atoms with Crippen LogP contribution in [0.5, 0.6) is 5.88 Å². The van der Waals surface area contributed by atoms with Crippen molar-refractivity contribution in [2.75, 3.05) is 50.9 Å². The van der Waals surface area contributed by atoms with E-state index in [2.05, 4.69) is 15.2 Å². The standard InChI is InChI=1S/C16H23N3O3S/c20-16(17-4-5-19-6-8-21-9-7-19)13-1-2-15(18-11-13)22-14-3-10-23-12-14/h1-2,11,14H,3-10,12H2,(H,17,20). The summed E-state index contributed by atoms with van der Waals surface area (Å²) in [5.41, 5.74) is 0.570. The van der Waals surface area contributed by atoms with Crippen LogP contribution in [0.4, 0.5) is 0 Å². The fraction of sp³-hybridized carbons (Fsp3) is 0.625. The molecule has 1 aromatic heterocycles. The molecule has 6 nitrogen and oxygen atoms in total. The molecule has 1 amide bonds. The van der Waals surface area contributed by atoms with Crippen LogP contribution in [0.1, 0.15) is 16.8 Å². The number of carbonyl (C=O) groups excluding carboxylic acids is 1. The van der Waals surface area contributed by atoms with Gasteiger partial charge in [-0.05, 0) is 18.2 Å². The Bertz CT molecular complexity index is 500. The Morgan fingerprint density at radius 1 is 1.43 bits per heavy atom. The van der Waals surface area contributed by atoms with Crippen LogP contribution >= 0.6 is 11.8 Å². The number of ether oxygens (including phenoxy) is 2. The Morgan fingerprint density at radius 3 is 3.00 bits per heavy atom. The summed E-state index contributed by atoms with van der Waals surface area (Å²) in [4.78, 5) is 18.6. The van der Waals surface area contributed by atoms with Gasteiger partial charge in [0, 0.05) is 44.2 Å². The summed E-state index contributed by atoms with van der Waals surface area (Å²) in [6.07, 6.45) is 2.90. The molecule has 0 saturated carbocycles. The molecule has 2 saturated heterocycles. The Hall–Kier alpha value is -1.31. The number of carbonyl (C=O) groups is 1. The maximum atomic E-state index is 12.1. The first-order chi connectivity index (χ1) is 11.3. The summed E-state index contributed by atoms with van der Waals surface area (Å²) in [6.45, 7) is 4.91. The number of nitrogens with one attached hydrogen (secondary N) is 1. The third-order valence-corrected chi connectivity index (χ3v) is 5.12. The molecule has 0 radical (unpaired) electrons. The van der Waals surface area contributed by atoms with Crippen molar-refractivity contribution in [3.05, 3.63) is 23.9 Å². The number of hydrogen-bond donors (Lipinski definition) is 1. The average molecular weight is 337 g/mol. The summed E-state index contributed by atoms with van der Waals surface area (Å²) in [5, 5.41) is 2.93. The molecule has 1 N–H and O–H groups in total. The average Bonchev–Trinajstić information content (AvgIpc) is 3.09. The van der Waals surface area contributed by atoms with Crippen LogP contribution in [-0.2, 0) is 4.74 Å². The number of thioether (sulfide) groups is 1. The molecule has 126 valence electrons. The second-order valence-electron chi connectivity index (χ2n) is 5.70. The van der Waals surface area contributed by atoms with Crippen LogP contribution in [-0.4, -0.2) is 72.8 Å². The molecule has 2 aliphatic heterocycles. The summed E-state index contributed by atoms with van der Waals surface area (Å²) in [5.74, 6) is 2.68. The zero-order valence-electron chi connectivity index (χ0n) is 13.2. The topological polar surface area (TPSA) is 63.7 Å². The number of amides is 1. The normalized spacial score (nSPS) is 22.0. The largest absolute Gasteiger partial charge is 0.473 e. The molecule has 7 heteroatoms. The van der Waals surface area contributed by atoms with Crippen molar-refractivity contribution in [3.8, 4) is 5.88 Å². The van der Waals surface area contributed by atoms with Gasteiger partial charge >= 0.3 is 0 Å². The highest BCUT2D eigenvalue weighted by atomic mass is 32.2. The second kappa shape index (κ2) is 8.52. The Kier molecular flexibility index (Phi) is 6.13. The van der Waals surface area contributed by atoms with E-state index < -0.39 is 0 Å². The number of rotatable bonds is 6. The van der Waals surface area contributed by atoms with Gasteiger partial charge in [0.2, 0.25) is 5.88 Å². The van der Waals surface area contributed by atoms with Crippen LogP contribution < -0.4 is 10.1 Å². The third kappa shape index (κ3) is 5.09. The third-order valence-electron chi connectivity index (χ3n) is 3.99. The van der Waals surface area contributed by atoms with Gasteiger partial charge < -0.3 is 14.8 Å². The molecule has 0 bridgehead atoms. The van der Waals surface area contributed by atoms with E-state index in [1.165, 1.54) is 0 Å². The van der Waals surface area contributed by atoms with E-state index in [1.54, 1.807) is 18.3 Å². The minimum Gasteiger partial charge on any atom is -0.473 e.